The first-order valence-corrected chi connectivity index (χ1v) is 5.99. The minimum absolute atomic E-state index is 0.223. The molecule has 84 valence electrons. The van der Waals surface area contributed by atoms with E-state index in [-0.39, 0.29) is 12.6 Å². The summed E-state index contributed by atoms with van der Waals surface area (Å²) in [5.41, 5.74) is 0. The van der Waals surface area contributed by atoms with Gasteiger partial charge in [0.1, 0.15) is 5.82 Å². The van der Waals surface area contributed by atoms with Gasteiger partial charge in [-0.05, 0) is 41.8 Å². The van der Waals surface area contributed by atoms with Gasteiger partial charge in [-0.1, -0.05) is 11.6 Å². The maximum absolute atomic E-state index is 8.70. The minimum Gasteiger partial charge on any atom is -0.396 e. The van der Waals surface area contributed by atoms with Crippen molar-refractivity contribution in [3.8, 4) is 0 Å². The fraction of sp³-hybridized carbons (Fsp3) is 0.500. The van der Waals surface area contributed by atoms with E-state index >= 15 is 0 Å². The Morgan fingerprint density at radius 3 is 3.00 bits per heavy atom. The molecule has 0 aromatic carbocycles. The normalized spacial score (nSPS) is 12.5. The van der Waals surface area contributed by atoms with Crippen molar-refractivity contribution in [1.82, 2.24) is 4.98 Å². The molecule has 0 fully saturated rings. The lowest BCUT2D eigenvalue weighted by Gasteiger charge is -2.14. The first-order chi connectivity index (χ1) is 7.13. The highest BCUT2D eigenvalue weighted by molar-refractivity contribution is 9.10. The number of aliphatic hydroxyl groups excluding tert-OH is 1. The van der Waals surface area contributed by atoms with Crippen LogP contribution in [0.3, 0.4) is 0 Å². The van der Waals surface area contributed by atoms with Crippen LogP contribution in [0.4, 0.5) is 5.82 Å². The van der Waals surface area contributed by atoms with Crippen molar-refractivity contribution in [3.05, 3.63) is 21.8 Å². The summed E-state index contributed by atoms with van der Waals surface area (Å²) >= 11 is 9.17. The quantitative estimate of drug-likeness (QED) is 0.877. The monoisotopic (exact) mass is 292 g/mol. The van der Waals surface area contributed by atoms with Crippen molar-refractivity contribution in [2.24, 2.45) is 0 Å². The SMILES string of the molecule is CC(CCCO)Nc1ncc(Cl)cc1Br. The molecule has 1 aromatic heterocycles. The number of hydrogen-bond acceptors (Lipinski definition) is 3. The number of pyridine rings is 1. The molecule has 0 saturated carbocycles. The number of hydrogen-bond donors (Lipinski definition) is 2. The van der Waals surface area contributed by atoms with Crippen molar-refractivity contribution < 1.29 is 5.11 Å². The highest BCUT2D eigenvalue weighted by Crippen LogP contribution is 2.24. The second-order valence-corrected chi connectivity index (χ2v) is 4.69. The zero-order chi connectivity index (χ0) is 11.3. The van der Waals surface area contributed by atoms with Gasteiger partial charge in [-0.15, -0.1) is 0 Å². The van der Waals surface area contributed by atoms with Gasteiger partial charge in [-0.25, -0.2) is 4.98 Å². The molecule has 15 heavy (non-hydrogen) atoms. The average molecular weight is 294 g/mol. The van der Waals surface area contributed by atoms with Gasteiger partial charge < -0.3 is 10.4 Å². The molecule has 0 amide bonds. The van der Waals surface area contributed by atoms with E-state index in [9.17, 15) is 0 Å². The maximum Gasteiger partial charge on any atom is 0.140 e. The molecular formula is C10H14BrClN2O. The number of nitrogens with zero attached hydrogens (tertiary/aromatic N) is 1. The third-order valence-electron chi connectivity index (χ3n) is 1.99. The lowest BCUT2D eigenvalue weighted by Crippen LogP contribution is -2.16. The molecule has 0 aliphatic rings. The van der Waals surface area contributed by atoms with Gasteiger partial charge in [0, 0.05) is 18.8 Å². The molecule has 5 heteroatoms. The van der Waals surface area contributed by atoms with Crippen LogP contribution < -0.4 is 5.32 Å². The summed E-state index contributed by atoms with van der Waals surface area (Å²) in [6, 6.07) is 2.08. The third kappa shape index (κ3) is 4.36. The van der Waals surface area contributed by atoms with Gasteiger partial charge in [0.25, 0.3) is 0 Å². The Morgan fingerprint density at radius 2 is 2.40 bits per heavy atom. The standard InChI is InChI=1S/C10H14BrClN2O/c1-7(3-2-4-15)14-10-9(11)5-8(12)6-13-10/h5-7,15H,2-4H2,1H3,(H,13,14). The summed E-state index contributed by atoms with van der Waals surface area (Å²) in [5, 5.41) is 12.6. The number of anilines is 1. The molecule has 1 atom stereocenters. The van der Waals surface area contributed by atoms with Gasteiger partial charge >= 0.3 is 0 Å². The molecular weight excluding hydrogens is 279 g/mol. The van der Waals surface area contributed by atoms with E-state index in [2.05, 4.69) is 33.2 Å². The molecule has 2 N–H and O–H groups in total. The molecule has 1 unspecified atom stereocenters. The fourth-order valence-corrected chi connectivity index (χ4v) is 1.98. The van der Waals surface area contributed by atoms with Crippen LogP contribution in [0.5, 0.6) is 0 Å². The van der Waals surface area contributed by atoms with Crippen LogP contribution >= 0.6 is 27.5 Å². The van der Waals surface area contributed by atoms with Gasteiger partial charge in [0.05, 0.1) is 9.50 Å². The summed E-state index contributed by atoms with van der Waals surface area (Å²) in [6.45, 7) is 2.28. The van der Waals surface area contributed by atoms with Crippen LogP contribution in [0, 0.1) is 0 Å². The number of rotatable bonds is 5. The van der Waals surface area contributed by atoms with E-state index in [0.717, 1.165) is 23.1 Å². The summed E-state index contributed by atoms with van der Waals surface area (Å²) in [5.74, 6) is 0.782. The Labute approximate surface area is 103 Å². The van der Waals surface area contributed by atoms with Crippen LogP contribution in [0.15, 0.2) is 16.7 Å². The van der Waals surface area contributed by atoms with Crippen LogP contribution in [0.2, 0.25) is 5.02 Å². The second kappa shape index (κ2) is 6.30. The van der Waals surface area contributed by atoms with E-state index in [1.807, 2.05) is 0 Å². The van der Waals surface area contributed by atoms with Gasteiger partial charge in [-0.2, -0.15) is 0 Å². The third-order valence-corrected chi connectivity index (χ3v) is 2.80. The highest BCUT2D eigenvalue weighted by Gasteiger charge is 2.06. The van der Waals surface area contributed by atoms with Crippen LogP contribution in [-0.2, 0) is 0 Å². The predicted octanol–water partition coefficient (Wildman–Crippen LogP) is 3.07. The summed E-state index contributed by atoms with van der Waals surface area (Å²) in [7, 11) is 0. The molecule has 0 aliphatic heterocycles. The van der Waals surface area contributed by atoms with E-state index < -0.39 is 0 Å². The lowest BCUT2D eigenvalue weighted by molar-refractivity contribution is 0.282. The Kier molecular flexibility index (Phi) is 5.36. The largest absolute Gasteiger partial charge is 0.396 e. The van der Waals surface area contributed by atoms with E-state index in [4.69, 9.17) is 16.7 Å². The number of nitrogens with one attached hydrogen (secondary N) is 1. The zero-order valence-corrected chi connectivity index (χ0v) is 10.8. The van der Waals surface area contributed by atoms with Gasteiger partial charge in [0.2, 0.25) is 0 Å². The molecule has 0 spiro atoms. The van der Waals surface area contributed by atoms with Crippen LogP contribution in [0.25, 0.3) is 0 Å². The van der Waals surface area contributed by atoms with E-state index in [1.165, 1.54) is 0 Å². The van der Waals surface area contributed by atoms with Crippen LogP contribution in [0.1, 0.15) is 19.8 Å². The fourth-order valence-electron chi connectivity index (χ4n) is 1.22. The number of aliphatic hydroxyl groups is 1. The predicted molar refractivity (Wildman–Crippen MR) is 66.4 cm³/mol. The second-order valence-electron chi connectivity index (χ2n) is 3.40. The molecule has 0 saturated heterocycles. The number of halogens is 2. The van der Waals surface area contributed by atoms with Gasteiger partial charge in [-0.3, -0.25) is 0 Å². The molecule has 1 aromatic rings. The topological polar surface area (TPSA) is 45.1 Å². The van der Waals surface area contributed by atoms with Gasteiger partial charge in [0.15, 0.2) is 0 Å². The van der Waals surface area contributed by atoms with Crippen molar-refractivity contribution in [3.63, 3.8) is 0 Å². The summed E-state index contributed by atoms with van der Waals surface area (Å²) in [6.07, 6.45) is 3.31. The molecule has 0 aliphatic carbocycles. The smallest absolute Gasteiger partial charge is 0.140 e. The van der Waals surface area contributed by atoms with E-state index in [0.29, 0.717) is 5.02 Å². The molecule has 3 nitrogen and oxygen atoms in total. The number of aromatic nitrogens is 1. The summed E-state index contributed by atoms with van der Waals surface area (Å²) < 4.78 is 0.853. The van der Waals surface area contributed by atoms with Crippen molar-refractivity contribution in [2.45, 2.75) is 25.8 Å². The Bertz CT molecular complexity index is 322. The van der Waals surface area contributed by atoms with Crippen LogP contribution in [-0.4, -0.2) is 22.7 Å². The zero-order valence-electron chi connectivity index (χ0n) is 8.50. The Hall–Kier alpha value is -0.320. The van der Waals surface area contributed by atoms with Crippen molar-refractivity contribution in [2.75, 3.05) is 11.9 Å². The Morgan fingerprint density at radius 1 is 1.67 bits per heavy atom. The average Bonchev–Trinajstić information content (AvgIpc) is 2.19. The maximum atomic E-state index is 8.70. The van der Waals surface area contributed by atoms with Crippen molar-refractivity contribution >= 4 is 33.3 Å². The summed E-state index contributed by atoms with van der Waals surface area (Å²) in [4.78, 5) is 4.17. The molecule has 0 radical (unpaired) electrons. The molecule has 0 bridgehead atoms. The highest BCUT2D eigenvalue weighted by atomic mass is 79.9. The lowest BCUT2D eigenvalue weighted by atomic mass is 10.2. The Balaban J connectivity index is 2.56. The first-order valence-electron chi connectivity index (χ1n) is 4.82. The molecule has 1 rings (SSSR count). The first kappa shape index (κ1) is 12.7. The van der Waals surface area contributed by atoms with E-state index in [1.54, 1.807) is 12.3 Å². The molecule has 1 heterocycles. The minimum atomic E-state index is 0.223. The van der Waals surface area contributed by atoms with Crippen molar-refractivity contribution in [1.29, 1.82) is 0 Å².